The first-order valence-electron chi connectivity index (χ1n) is 6.25. The fraction of sp³-hybridized carbons (Fsp3) is 1.00. The van der Waals surface area contributed by atoms with Crippen LogP contribution in [0.4, 0.5) is 0 Å². The summed E-state index contributed by atoms with van der Waals surface area (Å²) in [6.07, 6.45) is 2.31. The maximum atomic E-state index is 5.53. The minimum Gasteiger partial charge on any atom is -0.380 e. The van der Waals surface area contributed by atoms with Gasteiger partial charge >= 0.3 is 0 Å². The molecule has 0 bridgehead atoms. The second kappa shape index (κ2) is 6.46. The fourth-order valence-corrected chi connectivity index (χ4v) is 2.01. The molecule has 90 valence electrons. The van der Waals surface area contributed by atoms with Crippen molar-refractivity contribution in [2.45, 2.75) is 39.2 Å². The first kappa shape index (κ1) is 12.9. The van der Waals surface area contributed by atoms with Crippen LogP contribution in [-0.2, 0) is 4.74 Å². The van der Waals surface area contributed by atoms with Crippen molar-refractivity contribution in [2.75, 3.05) is 39.4 Å². The first-order chi connectivity index (χ1) is 7.20. The Bertz CT molecular complexity index is 175. The summed E-state index contributed by atoms with van der Waals surface area (Å²) >= 11 is 0. The highest BCUT2D eigenvalue weighted by Crippen LogP contribution is 2.14. The summed E-state index contributed by atoms with van der Waals surface area (Å²) in [6, 6.07) is 0. The predicted octanol–water partition coefficient (Wildman–Crippen LogP) is 1.49. The van der Waals surface area contributed by atoms with Gasteiger partial charge in [-0.1, -0.05) is 13.8 Å². The van der Waals surface area contributed by atoms with E-state index in [0.717, 1.165) is 45.8 Å². The van der Waals surface area contributed by atoms with Gasteiger partial charge in [-0.05, 0) is 19.8 Å². The van der Waals surface area contributed by atoms with Gasteiger partial charge in [0.25, 0.3) is 0 Å². The standard InChI is InChI=1S/C12H26N2O/c1-4-9-15-10-8-14-7-6-13-12(3,5-2)11-14/h13H,4-11H2,1-3H3. The van der Waals surface area contributed by atoms with E-state index in [9.17, 15) is 0 Å². The van der Waals surface area contributed by atoms with E-state index < -0.39 is 0 Å². The second-order valence-electron chi connectivity index (χ2n) is 4.73. The molecule has 0 aromatic rings. The van der Waals surface area contributed by atoms with Crippen LogP contribution in [0.25, 0.3) is 0 Å². The van der Waals surface area contributed by atoms with Gasteiger partial charge < -0.3 is 10.1 Å². The van der Waals surface area contributed by atoms with Gasteiger partial charge in [-0.25, -0.2) is 0 Å². The number of ether oxygens (including phenoxy) is 1. The number of hydrogen-bond acceptors (Lipinski definition) is 3. The minimum atomic E-state index is 0.309. The zero-order valence-electron chi connectivity index (χ0n) is 10.5. The van der Waals surface area contributed by atoms with Crippen LogP contribution in [0.5, 0.6) is 0 Å². The molecular weight excluding hydrogens is 188 g/mol. The van der Waals surface area contributed by atoms with E-state index in [0.29, 0.717) is 5.54 Å². The maximum absolute atomic E-state index is 5.53. The molecule has 1 aliphatic heterocycles. The van der Waals surface area contributed by atoms with Gasteiger partial charge in [-0.15, -0.1) is 0 Å². The van der Waals surface area contributed by atoms with Gasteiger partial charge in [-0.2, -0.15) is 0 Å². The molecule has 1 saturated heterocycles. The molecule has 1 rings (SSSR count). The molecule has 15 heavy (non-hydrogen) atoms. The molecule has 0 saturated carbocycles. The van der Waals surface area contributed by atoms with Crippen molar-refractivity contribution in [2.24, 2.45) is 0 Å². The molecule has 1 fully saturated rings. The fourth-order valence-electron chi connectivity index (χ4n) is 2.01. The Kier molecular flexibility index (Phi) is 5.58. The molecule has 1 heterocycles. The third-order valence-corrected chi connectivity index (χ3v) is 3.23. The molecule has 1 aliphatic rings. The van der Waals surface area contributed by atoms with Gasteiger partial charge in [0.2, 0.25) is 0 Å². The van der Waals surface area contributed by atoms with Gasteiger partial charge in [0.1, 0.15) is 0 Å². The zero-order valence-corrected chi connectivity index (χ0v) is 10.5. The van der Waals surface area contributed by atoms with E-state index in [4.69, 9.17) is 4.74 Å². The third-order valence-electron chi connectivity index (χ3n) is 3.23. The summed E-state index contributed by atoms with van der Waals surface area (Å²) in [6.45, 7) is 13.0. The number of nitrogens with zero attached hydrogens (tertiary/aromatic N) is 1. The second-order valence-corrected chi connectivity index (χ2v) is 4.73. The lowest BCUT2D eigenvalue weighted by Crippen LogP contribution is -2.58. The SMILES string of the molecule is CCCOCCN1CCNC(C)(CC)C1. The van der Waals surface area contributed by atoms with Crippen molar-refractivity contribution in [3.8, 4) is 0 Å². The van der Waals surface area contributed by atoms with Crippen molar-refractivity contribution in [3.63, 3.8) is 0 Å². The minimum absolute atomic E-state index is 0.309. The summed E-state index contributed by atoms with van der Waals surface area (Å²) < 4.78 is 5.53. The zero-order chi connectivity index (χ0) is 11.1. The van der Waals surface area contributed by atoms with Crippen molar-refractivity contribution in [1.29, 1.82) is 0 Å². The van der Waals surface area contributed by atoms with E-state index in [-0.39, 0.29) is 0 Å². The molecule has 0 aliphatic carbocycles. The molecule has 3 heteroatoms. The Morgan fingerprint density at radius 2 is 2.13 bits per heavy atom. The number of hydrogen-bond donors (Lipinski definition) is 1. The Labute approximate surface area is 94.2 Å². The lowest BCUT2D eigenvalue weighted by Gasteiger charge is -2.41. The molecular formula is C12H26N2O. The smallest absolute Gasteiger partial charge is 0.0593 e. The summed E-state index contributed by atoms with van der Waals surface area (Å²) in [7, 11) is 0. The highest BCUT2D eigenvalue weighted by atomic mass is 16.5. The number of piperazine rings is 1. The van der Waals surface area contributed by atoms with E-state index in [1.807, 2.05) is 0 Å². The molecule has 0 radical (unpaired) electrons. The Morgan fingerprint density at radius 3 is 2.80 bits per heavy atom. The van der Waals surface area contributed by atoms with Crippen molar-refractivity contribution in [1.82, 2.24) is 10.2 Å². The van der Waals surface area contributed by atoms with Crippen LogP contribution in [0.15, 0.2) is 0 Å². The van der Waals surface area contributed by atoms with E-state index in [1.165, 1.54) is 6.42 Å². The molecule has 0 spiro atoms. The number of nitrogens with one attached hydrogen (secondary N) is 1. The lowest BCUT2D eigenvalue weighted by molar-refractivity contribution is 0.0757. The summed E-state index contributed by atoms with van der Waals surface area (Å²) in [5.41, 5.74) is 0.309. The van der Waals surface area contributed by atoms with Crippen LogP contribution in [0.1, 0.15) is 33.6 Å². The van der Waals surface area contributed by atoms with Gasteiger partial charge in [0.15, 0.2) is 0 Å². The topological polar surface area (TPSA) is 24.5 Å². The van der Waals surface area contributed by atoms with E-state index in [1.54, 1.807) is 0 Å². The van der Waals surface area contributed by atoms with Crippen molar-refractivity contribution in [3.05, 3.63) is 0 Å². The molecule has 3 nitrogen and oxygen atoms in total. The molecule has 1 atom stereocenters. The molecule has 1 unspecified atom stereocenters. The van der Waals surface area contributed by atoms with Crippen LogP contribution < -0.4 is 5.32 Å². The van der Waals surface area contributed by atoms with E-state index in [2.05, 4.69) is 31.0 Å². The van der Waals surface area contributed by atoms with Gasteiger partial charge in [-0.3, -0.25) is 4.90 Å². The summed E-state index contributed by atoms with van der Waals surface area (Å²) in [4.78, 5) is 2.51. The number of rotatable bonds is 6. The highest BCUT2D eigenvalue weighted by Gasteiger charge is 2.28. The predicted molar refractivity (Wildman–Crippen MR) is 64.2 cm³/mol. The van der Waals surface area contributed by atoms with Gasteiger partial charge in [0, 0.05) is 38.3 Å². The van der Waals surface area contributed by atoms with E-state index >= 15 is 0 Å². The van der Waals surface area contributed by atoms with Crippen LogP contribution >= 0.6 is 0 Å². The van der Waals surface area contributed by atoms with Crippen LogP contribution in [0.3, 0.4) is 0 Å². The maximum Gasteiger partial charge on any atom is 0.0593 e. The normalized spacial score (nSPS) is 28.2. The molecule has 0 aromatic carbocycles. The average molecular weight is 214 g/mol. The molecule has 0 amide bonds. The van der Waals surface area contributed by atoms with Crippen LogP contribution in [0.2, 0.25) is 0 Å². The highest BCUT2D eigenvalue weighted by molar-refractivity contribution is 4.89. The van der Waals surface area contributed by atoms with Crippen LogP contribution in [-0.4, -0.2) is 49.8 Å². The Hall–Kier alpha value is -0.120. The first-order valence-corrected chi connectivity index (χ1v) is 6.25. The molecule has 0 aromatic heterocycles. The molecule has 1 N–H and O–H groups in total. The monoisotopic (exact) mass is 214 g/mol. The lowest BCUT2D eigenvalue weighted by atomic mass is 9.96. The Balaban J connectivity index is 2.18. The quantitative estimate of drug-likeness (QED) is 0.678. The van der Waals surface area contributed by atoms with Crippen molar-refractivity contribution < 1.29 is 4.74 Å². The Morgan fingerprint density at radius 1 is 1.33 bits per heavy atom. The van der Waals surface area contributed by atoms with Crippen molar-refractivity contribution >= 4 is 0 Å². The van der Waals surface area contributed by atoms with Gasteiger partial charge in [0.05, 0.1) is 6.61 Å². The summed E-state index contributed by atoms with van der Waals surface area (Å²) in [5.74, 6) is 0. The summed E-state index contributed by atoms with van der Waals surface area (Å²) in [5, 5.41) is 3.59. The largest absolute Gasteiger partial charge is 0.380 e. The third kappa shape index (κ3) is 4.49. The van der Waals surface area contributed by atoms with Crippen LogP contribution in [0, 0.1) is 0 Å². The average Bonchev–Trinajstić information content (AvgIpc) is 2.25.